The fourth-order valence-corrected chi connectivity index (χ4v) is 3.47. The highest BCUT2D eigenvalue weighted by atomic mass is 16.2. The SMILES string of the molecule is CNC1CCc2ccccc2N(C2CCCC2)C1=O. The monoisotopic (exact) mass is 258 g/mol. The molecule has 1 heterocycles. The molecule has 0 aromatic heterocycles. The van der Waals surface area contributed by atoms with Crippen LogP contribution in [0.5, 0.6) is 0 Å². The normalized spacial score (nSPS) is 24.4. The molecule has 3 rings (SSSR count). The number of rotatable bonds is 2. The Labute approximate surface area is 115 Å². The van der Waals surface area contributed by atoms with Crippen LogP contribution in [0.1, 0.15) is 37.7 Å². The topological polar surface area (TPSA) is 32.3 Å². The van der Waals surface area contributed by atoms with Crippen molar-refractivity contribution in [2.24, 2.45) is 0 Å². The van der Waals surface area contributed by atoms with Crippen LogP contribution < -0.4 is 10.2 Å². The summed E-state index contributed by atoms with van der Waals surface area (Å²) in [6.45, 7) is 0. The number of carbonyl (C=O) groups excluding carboxylic acids is 1. The van der Waals surface area contributed by atoms with E-state index in [1.165, 1.54) is 18.4 Å². The molecule has 1 saturated carbocycles. The predicted octanol–water partition coefficient (Wildman–Crippen LogP) is 2.50. The van der Waals surface area contributed by atoms with E-state index < -0.39 is 0 Å². The zero-order valence-electron chi connectivity index (χ0n) is 11.6. The van der Waals surface area contributed by atoms with Gasteiger partial charge < -0.3 is 10.2 Å². The molecule has 1 aliphatic carbocycles. The van der Waals surface area contributed by atoms with Crippen molar-refractivity contribution in [2.45, 2.75) is 50.6 Å². The van der Waals surface area contributed by atoms with E-state index >= 15 is 0 Å². The lowest BCUT2D eigenvalue weighted by Gasteiger charge is -2.31. The summed E-state index contributed by atoms with van der Waals surface area (Å²) in [5.74, 6) is 0.263. The van der Waals surface area contributed by atoms with Gasteiger partial charge >= 0.3 is 0 Å². The molecule has 1 amide bonds. The first-order chi connectivity index (χ1) is 9.31. The molecule has 1 N–H and O–H groups in total. The van der Waals surface area contributed by atoms with E-state index in [0.29, 0.717) is 6.04 Å². The second kappa shape index (κ2) is 5.33. The lowest BCUT2D eigenvalue weighted by molar-refractivity contribution is -0.121. The summed E-state index contributed by atoms with van der Waals surface area (Å²) < 4.78 is 0. The van der Waals surface area contributed by atoms with Crippen LogP contribution in [0, 0.1) is 0 Å². The van der Waals surface area contributed by atoms with Crippen molar-refractivity contribution in [1.82, 2.24) is 5.32 Å². The van der Waals surface area contributed by atoms with Gasteiger partial charge in [-0.3, -0.25) is 4.79 Å². The van der Waals surface area contributed by atoms with Gasteiger partial charge in [0, 0.05) is 11.7 Å². The number of amides is 1. The summed E-state index contributed by atoms with van der Waals surface area (Å²) in [7, 11) is 1.89. The van der Waals surface area contributed by atoms with Gasteiger partial charge in [-0.25, -0.2) is 0 Å². The van der Waals surface area contributed by atoms with Crippen molar-refractivity contribution in [2.75, 3.05) is 11.9 Å². The molecule has 102 valence electrons. The quantitative estimate of drug-likeness (QED) is 0.884. The minimum absolute atomic E-state index is 0.0343. The lowest BCUT2D eigenvalue weighted by atomic mass is 10.1. The maximum absolute atomic E-state index is 12.8. The van der Waals surface area contributed by atoms with Crippen molar-refractivity contribution in [3.8, 4) is 0 Å². The Bertz CT molecular complexity index is 466. The number of nitrogens with one attached hydrogen (secondary N) is 1. The number of nitrogens with zero attached hydrogens (tertiary/aromatic N) is 1. The Hall–Kier alpha value is -1.35. The first-order valence-corrected chi connectivity index (χ1v) is 7.39. The van der Waals surface area contributed by atoms with Crippen molar-refractivity contribution < 1.29 is 4.79 Å². The molecule has 2 aliphatic rings. The van der Waals surface area contributed by atoms with Crippen LogP contribution in [-0.4, -0.2) is 25.0 Å². The van der Waals surface area contributed by atoms with E-state index in [1.54, 1.807) is 0 Å². The highest BCUT2D eigenvalue weighted by molar-refractivity contribution is 5.99. The number of benzene rings is 1. The van der Waals surface area contributed by atoms with E-state index in [1.807, 2.05) is 13.1 Å². The molecule has 1 fully saturated rings. The van der Waals surface area contributed by atoms with E-state index in [9.17, 15) is 4.79 Å². The summed E-state index contributed by atoms with van der Waals surface area (Å²) in [4.78, 5) is 14.9. The molecule has 3 nitrogen and oxygen atoms in total. The fraction of sp³-hybridized carbons (Fsp3) is 0.562. The molecular weight excluding hydrogens is 236 g/mol. The number of fused-ring (bicyclic) bond motifs is 1. The van der Waals surface area contributed by atoms with Gasteiger partial charge in [0.25, 0.3) is 0 Å². The predicted molar refractivity (Wildman–Crippen MR) is 77.4 cm³/mol. The number of hydrogen-bond donors (Lipinski definition) is 1. The minimum Gasteiger partial charge on any atom is -0.309 e. The highest BCUT2D eigenvalue weighted by Gasteiger charge is 2.34. The number of para-hydroxylation sites is 1. The summed E-state index contributed by atoms with van der Waals surface area (Å²) in [5.41, 5.74) is 2.47. The van der Waals surface area contributed by atoms with Crippen LogP contribution in [0.25, 0.3) is 0 Å². The second-order valence-electron chi connectivity index (χ2n) is 5.66. The summed E-state index contributed by atoms with van der Waals surface area (Å²) in [5, 5.41) is 3.19. The van der Waals surface area contributed by atoms with E-state index in [2.05, 4.69) is 28.4 Å². The molecule has 19 heavy (non-hydrogen) atoms. The van der Waals surface area contributed by atoms with Crippen LogP contribution in [-0.2, 0) is 11.2 Å². The molecule has 3 heteroatoms. The Balaban J connectivity index is 2.01. The molecule has 1 aromatic carbocycles. The zero-order chi connectivity index (χ0) is 13.2. The van der Waals surface area contributed by atoms with Gasteiger partial charge in [-0.1, -0.05) is 31.0 Å². The summed E-state index contributed by atoms with van der Waals surface area (Å²) >= 11 is 0. The Morgan fingerprint density at radius 3 is 2.63 bits per heavy atom. The van der Waals surface area contributed by atoms with Gasteiger partial charge in [-0.05, 0) is 44.4 Å². The number of aryl methyl sites for hydroxylation is 1. The van der Waals surface area contributed by atoms with Gasteiger partial charge in [0.2, 0.25) is 5.91 Å². The van der Waals surface area contributed by atoms with Gasteiger partial charge in [0.1, 0.15) is 0 Å². The van der Waals surface area contributed by atoms with Crippen molar-refractivity contribution >= 4 is 11.6 Å². The lowest BCUT2D eigenvalue weighted by Crippen LogP contribution is -2.48. The van der Waals surface area contributed by atoms with Crippen molar-refractivity contribution in [1.29, 1.82) is 0 Å². The number of hydrogen-bond acceptors (Lipinski definition) is 2. The maximum Gasteiger partial charge on any atom is 0.244 e. The molecule has 0 spiro atoms. The van der Waals surface area contributed by atoms with Crippen LogP contribution in [0.15, 0.2) is 24.3 Å². The number of likely N-dealkylation sites (N-methyl/N-ethyl adjacent to an activating group) is 1. The van der Waals surface area contributed by atoms with E-state index in [0.717, 1.165) is 31.4 Å². The first-order valence-electron chi connectivity index (χ1n) is 7.39. The zero-order valence-corrected chi connectivity index (χ0v) is 11.6. The van der Waals surface area contributed by atoms with Gasteiger partial charge in [-0.2, -0.15) is 0 Å². The molecule has 1 aromatic rings. The first kappa shape index (κ1) is 12.7. The standard InChI is InChI=1S/C16H22N2O/c1-17-14-11-10-12-6-2-5-9-15(12)18(16(14)19)13-7-3-4-8-13/h2,5-6,9,13-14,17H,3-4,7-8,10-11H2,1H3. The van der Waals surface area contributed by atoms with Gasteiger partial charge in [-0.15, -0.1) is 0 Å². The third-order valence-electron chi connectivity index (χ3n) is 4.53. The van der Waals surface area contributed by atoms with Gasteiger partial charge in [0.05, 0.1) is 6.04 Å². The average Bonchev–Trinajstić information content (AvgIpc) is 2.90. The van der Waals surface area contributed by atoms with E-state index in [-0.39, 0.29) is 11.9 Å². The minimum atomic E-state index is -0.0343. The largest absolute Gasteiger partial charge is 0.309 e. The number of anilines is 1. The Kier molecular flexibility index (Phi) is 3.56. The maximum atomic E-state index is 12.8. The Morgan fingerprint density at radius 2 is 1.89 bits per heavy atom. The highest BCUT2D eigenvalue weighted by Crippen LogP contribution is 2.33. The molecule has 0 bridgehead atoms. The van der Waals surface area contributed by atoms with E-state index in [4.69, 9.17) is 0 Å². The van der Waals surface area contributed by atoms with Crippen molar-refractivity contribution in [3.05, 3.63) is 29.8 Å². The third kappa shape index (κ3) is 2.27. The molecular formula is C16H22N2O. The van der Waals surface area contributed by atoms with Crippen LogP contribution >= 0.6 is 0 Å². The molecule has 1 unspecified atom stereocenters. The Morgan fingerprint density at radius 1 is 1.16 bits per heavy atom. The summed E-state index contributed by atoms with van der Waals surface area (Å²) in [6.07, 6.45) is 6.68. The average molecular weight is 258 g/mol. The molecule has 0 saturated heterocycles. The van der Waals surface area contributed by atoms with Crippen LogP contribution in [0.2, 0.25) is 0 Å². The second-order valence-corrected chi connectivity index (χ2v) is 5.66. The molecule has 1 atom stereocenters. The summed E-state index contributed by atoms with van der Waals surface area (Å²) in [6, 6.07) is 8.78. The fourth-order valence-electron chi connectivity index (χ4n) is 3.47. The molecule has 0 radical (unpaired) electrons. The van der Waals surface area contributed by atoms with Crippen LogP contribution in [0.4, 0.5) is 5.69 Å². The van der Waals surface area contributed by atoms with Gasteiger partial charge in [0.15, 0.2) is 0 Å². The smallest absolute Gasteiger partial charge is 0.244 e. The van der Waals surface area contributed by atoms with Crippen LogP contribution in [0.3, 0.4) is 0 Å². The van der Waals surface area contributed by atoms with Crippen molar-refractivity contribution in [3.63, 3.8) is 0 Å². The number of carbonyl (C=O) groups is 1. The molecule has 1 aliphatic heterocycles. The third-order valence-corrected chi connectivity index (χ3v) is 4.53.